The third-order valence-corrected chi connectivity index (χ3v) is 4.81. The van der Waals surface area contributed by atoms with Crippen LogP contribution < -0.4 is 20.9 Å². The molecule has 1 unspecified atom stereocenters. The molecule has 32 heavy (non-hydrogen) atoms. The van der Waals surface area contributed by atoms with Gasteiger partial charge in [0.15, 0.2) is 5.69 Å². The largest absolute Gasteiger partial charge is 0.505 e. The lowest BCUT2D eigenvalue weighted by molar-refractivity contribution is -0.137. The van der Waals surface area contributed by atoms with Crippen LogP contribution in [0.1, 0.15) is 18.0 Å². The van der Waals surface area contributed by atoms with Gasteiger partial charge in [0.1, 0.15) is 17.2 Å². The average Bonchev–Trinajstić information content (AvgIpc) is 2.75. The van der Waals surface area contributed by atoms with Gasteiger partial charge in [0.2, 0.25) is 0 Å². The summed E-state index contributed by atoms with van der Waals surface area (Å²) in [4.78, 5) is 36.0. The third kappa shape index (κ3) is 5.58. The Balaban J connectivity index is 1.82. The molecule has 2 aromatic carbocycles. The number of nitrogens with one attached hydrogen (secondary N) is 2. The summed E-state index contributed by atoms with van der Waals surface area (Å²) < 4.78 is 6.95. The first kappa shape index (κ1) is 22.7. The van der Waals surface area contributed by atoms with Crippen LogP contribution in [-0.2, 0) is 11.8 Å². The maximum atomic E-state index is 12.5. The van der Waals surface area contributed by atoms with Crippen LogP contribution in [0.2, 0.25) is 5.02 Å². The van der Waals surface area contributed by atoms with Crippen molar-refractivity contribution in [1.82, 2.24) is 9.88 Å². The number of aromatic nitrogens is 1. The summed E-state index contributed by atoms with van der Waals surface area (Å²) in [7, 11) is 1.46. The molecule has 0 radical (unpaired) electrons. The lowest BCUT2D eigenvalue weighted by Gasteiger charge is -2.19. The van der Waals surface area contributed by atoms with Crippen molar-refractivity contribution < 1.29 is 24.5 Å². The number of rotatable bonds is 7. The van der Waals surface area contributed by atoms with Gasteiger partial charge in [0.05, 0.1) is 17.5 Å². The van der Waals surface area contributed by atoms with E-state index < -0.39 is 35.8 Å². The molecule has 9 nitrogen and oxygen atoms in total. The quantitative estimate of drug-likeness (QED) is 0.426. The van der Waals surface area contributed by atoms with Crippen molar-refractivity contribution in [3.05, 3.63) is 81.7 Å². The summed E-state index contributed by atoms with van der Waals surface area (Å²) in [6.45, 7) is 0. The molecule has 10 heteroatoms. The normalized spacial score (nSPS) is 11.4. The van der Waals surface area contributed by atoms with E-state index in [4.69, 9.17) is 16.3 Å². The number of aromatic hydroxyl groups is 1. The van der Waals surface area contributed by atoms with E-state index in [-0.39, 0.29) is 5.69 Å². The van der Waals surface area contributed by atoms with Crippen molar-refractivity contribution in [2.24, 2.45) is 7.05 Å². The van der Waals surface area contributed by atoms with E-state index in [0.717, 1.165) is 0 Å². The topological polar surface area (TPSA) is 130 Å². The molecular formula is C22H20ClN3O6. The number of aryl methyl sites for hydroxylation is 1. The average molecular weight is 458 g/mol. The van der Waals surface area contributed by atoms with Crippen molar-refractivity contribution in [3.8, 4) is 17.2 Å². The van der Waals surface area contributed by atoms with E-state index in [1.807, 2.05) is 0 Å². The maximum absolute atomic E-state index is 12.5. The standard InChI is InChI=1S/C22H20ClN3O6/c1-26-10-9-17(27)20(21(26)30)25-22(31)24-16(12-19(28)29)13-5-4-6-14(11-13)32-18-8-3-2-7-15(18)23/h2-11,16,27H,12H2,1H3,(H,28,29)(H2,24,25,31). The van der Waals surface area contributed by atoms with Crippen LogP contribution in [-0.4, -0.2) is 26.8 Å². The second-order valence-corrected chi connectivity index (χ2v) is 7.25. The predicted octanol–water partition coefficient (Wildman–Crippen LogP) is 3.87. The van der Waals surface area contributed by atoms with Crippen molar-refractivity contribution in [2.75, 3.05) is 5.32 Å². The molecule has 4 N–H and O–H groups in total. The lowest BCUT2D eigenvalue weighted by atomic mass is 10.0. The fourth-order valence-corrected chi connectivity index (χ4v) is 3.10. The van der Waals surface area contributed by atoms with Crippen LogP contribution in [0.3, 0.4) is 0 Å². The molecule has 2 amide bonds. The van der Waals surface area contributed by atoms with Crippen LogP contribution in [0.25, 0.3) is 0 Å². The van der Waals surface area contributed by atoms with E-state index >= 15 is 0 Å². The number of amides is 2. The van der Waals surface area contributed by atoms with Gasteiger partial charge in [-0.25, -0.2) is 4.79 Å². The van der Waals surface area contributed by atoms with Crippen molar-refractivity contribution in [3.63, 3.8) is 0 Å². The summed E-state index contributed by atoms with van der Waals surface area (Å²) in [5.74, 6) is -0.746. The molecule has 0 saturated heterocycles. The maximum Gasteiger partial charge on any atom is 0.319 e. The van der Waals surface area contributed by atoms with Crippen molar-refractivity contribution >= 4 is 29.3 Å². The Morgan fingerprint density at radius 3 is 2.62 bits per heavy atom. The minimum Gasteiger partial charge on any atom is -0.505 e. The van der Waals surface area contributed by atoms with Gasteiger partial charge < -0.3 is 30.2 Å². The van der Waals surface area contributed by atoms with Gasteiger partial charge in [-0.1, -0.05) is 35.9 Å². The van der Waals surface area contributed by atoms with Gasteiger partial charge in [0, 0.05) is 13.2 Å². The number of hydrogen-bond acceptors (Lipinski definition) is 5. The van der Waals surface area contributed by atoms with E-state index in [9.17, 15) is 24.6 Å². The predicted molar refractivity (Wildman–Crippen MR) is 118 cm³/mol. The Kier molecular flexibility index (Phi) is 7.01. The Bertz CT molecular complexity index is 1210. The summed E-state index contributed by atoms with van der Waals surface area (Å²) in [6, 6.07) is 12.8. The molecule has 1 heterocycles. The van der Waals surface area contributed by atoms with Gasteiger partial charge in [-0.3, -0.25) is 9.59 Å². The first-order valence-electron chi connectivity index (χ1n) is 9.45. The summed E-state index contributed by atoms with van der Waals surface area (Å²) in [5.41, 5.74) is -0.486. The van der Waals surface area contributed by atoms with Gasteiger partial charge in [-0.05, 0) is 35.9 Å². The summed E-state index contributed by atoms with van der Waals surface area (Å²) >= 11 is 6.11. The Morgan fingerprint density at radius 2 is 1.91 bits per heavy atom. The number of nitrogens with zero attached hydrogens (tertiary/aromatic N) is 1. The van der Waals surface area contributed by atoms with E-state index in [1.54, 1.807) is 48.5 Å². The molecule has 3 aromatic rings. The highest BCUT2D eigenvalue weighted by Gasteiger charge is 2.20. The SMILES string of the molecule is Cn1ccc(O)c(NC(=O)NC(CC(=O)O)c2cccc(Oc3ccccc3Cl)c2)c1=O. The third-order valence-electron chi connectivity index (χ3n) is 4.49. The van der Waals surface area contributed by atoms with Gasteiger partial charge >= 0.3 is 12.0 Å². The number of pyridine rings is 1. The number of halogens is 1. The van der Waals surface area contributed by atoms with Crippen LogP contribution in [0.4, 0.5) is 10.5 Å². The number of urea groups is 1. The number of benzene rings is 2. The second kappa shape index (κ2) is 9.88. The Morgan fingerprint density at radius 1 is 1.16 bits per heavy atom. The van der Waals surface area contributed by atoms with Gasteiger partial charge in [-0.2, -0.15) is 0 Å². The number of ether oxygens (including phenoxy) is 1. The van der Waals surface area contributed by atoms with Gasteiger partial charge in [-0.15, -0.1) is 0 Å². The molecule has 1 aromatic heterocycles. The number of carbonyl (C=O) groups is 2. The number of carbonyl (C=O) groups excluding carboxylic acids is 1. The number of aliphatic carboxylic acids is 1. The molecule has 0 saturated carbocycles. The molecule has 0 aliphatic heterocycles. The number of para-hydroxylation sites is 1. The smallest absolute Gasteiger partial charge is 0.319 e. The van der Waals surface area contributed by atoms with Crippen molar-refractivity contribution in [1.29, 1.82) is 0 Å². The second-order valence-electron chi connectivity index (χ2n) is 6.85. The molecule has 0 aliphatic carbocycles. The molecular weight excluding hydrogens is 438 g/mol. The van der Waals surface area contributed by atoms with Crippen LogP contribution in [0, 0.1) is 0 Å². The zero-order valence-electron chi connectivity index (χ0n) is 16.9. The highest BCUT2D eigenvalue weighted by atomic mass is 35.5. The first-order valence-corrected chi connectivity index (χ1v) is 9.82. The van der Waals surface area contributed by atoms with Crippen LogP contribution in [0.5, 0.6) is 17.2 Å². The number of anilines is 1. The zero-order valence-corrected chi connectivity index (χ0v) is 17.7. The molecule has 3 rings (SSSR count). The van der Waals surface area contributed by atoms with Crippen LogP contribution >= 0.6 is 11.6 Å². The van der Waals surface area contributed by atoms with Gasteiger partial charge in [0.25, 0.3) is 5.56 Å². The van der Waals surface area contributed by atoms with E-state index in [0.29, 0.717) is 22.1 Å². The summed E-state index contributed by atoms with van der Waals surface area (Å²) in [6.07, 6.45) is 0.917. The Hall–Kier alpha value is -3.98. The highest BCUT2D eigenvalue weighted by molar-refractivity contribution is 6.32. The zero-order chi connectivity index (χ0) is 23.3. The minimum atomic E-state index is -1.15. The fourth-order valence-electron chi connectivity index (χ4n) is 2.92. The molecule has 0 aliphatic rings. The fraction of sp³-hybridized carbons (Fsp3) is 0.136. The van der Waals surface area contributed by atoms with E-state index in [2.05, 4.69) is 10.6 Å². The van der Waals surface area contributed by atoms with Crippen LogP contribution in [0.15, 0.2) is 65.6 Å². The number of carboxylic acids is 1. The van der Waals surface area contributed by atoms with E-state index in [1.165, 1.54) is 23.9 Å². The molecule has 1 atom stereocenters. The molecule has 166 valence electrons. The molecule has 0 bridgehead atoms. The lowest BCUT2D eigenvalue weighted by Crippen LogP contribution is -2.35. The molecule has 0 spiro atoms. The monoisotopic (exact) mass is 457 g/mol. The minimum absolute atomic E-state index is 0.322. The molecule has 0 fully saturated rings. The first-order chi connectivity index (χ1) is 15.2. The summed E-state index contributed by atoms with van der Waals surface area (Å²) in [5, 5.41) is 24.4. The van der Waals surface area contributed by atoms with Crippen molar-refractivity contribution in [2.45, 2.75) is 12.5 Å². The highest BCUT2D eigenvalue weighted by Crippen LogP contribution is 2.30. The number of hydrogen-bond donors (Lipinski definition) is 4. The Labute approximate surface area is 187 Å². The number of carboxylic acid groups (broad SMARTS) is 1.